The Kier molecular flexibility index (Phi) is 6.28. The molecule has 2 amide bonds. The van der Waals surface area contributed by atoms with E-state index in [1.165, 1.54) is 17.0 Å². The normalized spacial score (nSPS) is 16.8. The molecule has 1 heterocycles. The van der Waals surface area contributed by atoms with Gasteiger partial charge in [0, 0.05) is 26.6 Å². The summed E-state index contributed by atoms with van der Waals surface area (Å²) < 4.78 is 4.98. The molecule has 0 fully saturated rings. The quantitative estimate of drug-likeness (QED) is 0.671. The number of carbonyl (C=O) groups excluding carboxylic acids is 2. The number of benzene rings is 1. The van der Waals surface area contributed by atoms with Gasteiger partial charge >= 0.3 is 0 Å². The monoisotopic (exact) mass is 334 g/mol. The molecule has 1 aliphatic heterocycles. The first-order valence-corrected chi connectivity index (χ1v) is 7.68. The predicted octanol–water partition coefficient (Wildman–Crippen LogP) is -0.426. The van der Waals surface area contributed by atoms with Gasteiger partial charge in [0.05, 0.1) is 18.9 Å². The van der Waals surface area contributed by atoms with Crippen LogP contribution in [0.5, 0.6) is 0 Å². The molecule has 130 valence electrons. The van der Waals surface area contributed by atoms with Gasteiger partial charge in [0.2, 0.25) is 5.91 Å². The van der Waals surface area contributed by atoms with Crippen LogP contribution in [0.15, 0.2) is 35.4 Å². The van der Waals surface area contributed by atoms with Gasteiger partial charge in [-0.3, -0.25) is 14.6 Å². The molecule has 0 saturated carbocycles. The summed E-state index contributed by atoms with van der Waals surface area (Å²) in [7, 11) is 1.54. The van der Waals surface area contributed by atoms with Gasteiger partial charge in [-0.25, -0.2) is 0 Å². The minimum atomic E-state index is -0.704. The average molecular weight is 334 g/mol. The molecule has 8 nitrogen and oxygen atoms in total. The lowest BCUT2D eigenvalue weighted by Crippen LogP contribution is -2.42. The lowest BCUT2D eigenvalue weighted by Gasteiger charge is -2.20. The van der Waals surface area contributed by atoms with E-state index in [4.69, 9.17) is 15.6 Å². The fourth-order valence-corrected chi connectivity index (χ4v) is 2.50. The number of ether oxygens (including phenoxy) is 1. The van der Waals surface area contributed by atoms with Crippen molar-refractivity contribution in [3.8, 4) is 0 Å². The van der Waals surface area contributed by atoms with Crippen LogP contribution in [0.1, 0.15) is 6.42 Å². The van der Waals surface area contributed by atoms with E-state index in [1.54, 1.807) is 12.1 Å². The van der Waals surface area contributed by atoms with Crippen molar-refractivity contribution in [3.63, 3.8) is 0 Å². The minimum Gasteiger partial charge on any atom is -0.395 e. The Labute approximate surface area is 140 Å². The molecule has 1 aliphatic rings. The highest BCUT2D eigenvalue weighted by molar-refractivity contribution is 6.40. The number of para-hydroxylation sites is 1. The van der Waals surface area contributed by atoms with Crippen molar-refractivity contribution < 1.29 is 19.4 Å². The first-order valence-electron chi connectivity index (χ1n) is 7.68. The third-order valence-corrected chi connectivity index (χ3v) is 3.73. The molecule has 0 aromatic heterocycles. The lowest BCUT2D eigenvalue weighted by molar-refractivity contribution is -0.125. The number of hydrazone groups is 1. The largest absolute Gasteiger partial charge is 0.395 e. The second-order valence-electron chi connectivity index (χ2n) is 5.36. The van der Waals surface area contributed by atoms with Crippen LogP contribution in [0.4, 0.5) is 5.69 Å². The number of anilines is 1. The number of hydrogen-bond acceptors (Lipinski definition) is 6. The number of carbonyl (C=O) groups is 2. The molecule has 24 heavy (non-hydrogen) atoms. The summed E-state index contributed by atoms with van der Waals surface area (Å²) in [6, 6.07) is 8.37. The van der Waals surface area contributed by atoms with Gasteiger partial charge in [0.1, 0.15) is 11.8 Å². The molecule has 8 heteroatoms. The van der Waals surface area contributed by atoms with Crippen molar-refractivity contribution in [2.45, 2.75) is 12.5 Å². The summed E-state index contributed by atoms with van der Waals surface area (Å²) in [5.41, 5.74) is 6.40. The van der Waals surface area contributed by atoms with Crippen molar-refractivity contribution in [2.24, 2.45) is 10.8 Å². The maximum absolute atomic E-state index is 12.6. The molecule has 3 N–H and O–H groups in total. The topological polar surface area (TPSA) is 108 Å². The Morgan fingerprint density at radius 2 is 2.08 bits per heavy atom. The van der Waals surface area contributed by atoms with Crippen LogP contribution in [0.25, 0.3) is 0 Å². The number of aliphatic hydroxyl groups excluding tert-OH is 1. The van der Waals surface area contributed by atoms with Gasteiger partial charge < -0.3 is 20.5 Å². The molecule has 0 saturated heterocycles. The minimum absolute atomic E-state index is 0.137. The number of aliphatic hydroxyl groups is 1. The molecule has 2 rings (SSSR count). The van der Waals surface area contributed by atoms with E-state index in [-0.39, 0.29) is 31.2 Å². The second-order valence-corrected chi connectivity index (χ2v) is 5.36. The highest BCUT2D eigenvalue weighted by atomic mass is 16.5. The van der Waals surface area contributed by atoms with E-state index in [0.717, 1.165) is 0 Å². The Balaban J connectivity index is 2.22. The SMILES string of the molecule is COCCN(CCO)C(=O)C1=NN(c2ccccc2)C(C(N)=O)C1. The van der Waals surface area contributed by atoms with E-state index in [0.29, 0.717) is 18.8 Å². The van der Waals surface area contributed by atoms with Gasteiger partial charge in [-0.1, -0.05) is 18.2 Å². The number of primary amides is 1. The van der Waals surface area contributed by atoms with E-state index < -0.39 is 11.9 Å². The van der Waals surface area contributed by atoms with E-state index in [1.807, 2.05) is 18.2 Å². The Morgan fingerprint density at radius 3 is 2.67 bits per heavy atom. The van der Waals surface area contributed by atoms with Crippen molar-refractivity contribution in [2.75, 3.05) is 38.4 Å². The van der Waals surface area contributed by atoms with Gasteiger partial charge in [0.25, 0.3) is 5.91 Å². The Bertz CT molecular complexity index is 605. The zero-order valence-corrected chi connectivity index (χ0v) is 13.6. The van der Waals surface area contributed by atoms with Crippen LogP contribution in [0.3, 0.4) is 0 Å². The predicted molar refractivity (Wildman–Crippen MR) is 89.5 cm³/mol. The van der Waals surface area contributed by atoms with Crippen molar-refractivity contribution in [1.29, 1.82) is 0 Å². The van der Waals surface area contributed by atoms with Gasteiger partial charge in [-0.15, -0.1) is 0 Å². The maximum Gasteiger partial charge on any atom is 0.270 e. The average Bonchev–Trinajstić information content (AvgIpc) is 3.04. The fraction of sp³-hybridized carbons (Fsp3) is 0.438. The first-order chi connectivity index (χ1) is 11.6. The third-order valence-electron chi connectivity index (χ3n) is 3.73. The number of rotatable bonds is 8. The molecule has 1 atom stereocenters. The summed E-state index contributed by atoms with van der Waals surface area (Å²) in [5.74, 6) is -0.873. The van der Waals surface area contributed by atoms with Gasteiger partial charge in [-0.05, 0) is 12.1 Å². The number of hydrogen-bond donors (Lipinski definition) is 2. The Morgan fingerprint density at radius 1 is 1.38 bits per heavy atom. The summed E-state index contributed by atoms with van der Waals surface area (Å²) in [5, 5.41) is 14.9. The summed E-state index contributed by atoms with van der Waals surface area (Å²) in [6.45, 7) is 0.695. The third kappa shape index (κ3) is 4.09. The molecule has 0 aliphatic carbocycles. The number of amides is 2. The van der Waals surface area contributed by atoms with Crippen LogP contribution in [0.2, 0.25) is 0 Å². The summed E-state index contributed by atoms with van der Waals surface area (Å²) >= 11 is 0. The van der Waals surface area contributed by atoms with Crippen LogP contribution >= 0.6 is 0 Å². The number of methoxy groups -OCH3 is 1. The number of nitrogens with two attached hydrogens (primary N) is 1. The fourth-order valence-electron chi connectivity index (χ4n) is 2.50. The highest BCUT2D eigenvalue weighted by Crippen LogP contribution is 2.24. The van der Waals surface area contributed by atoms with Crippen molar-refractivity contribution in [3.05, 3.63) is 30.3 Å². The first kappa shape index (κ1) is 17.9. The molecule has 1 aromatic rings. The molecule has 1 unspecified atom stereocenters. The molecular formula is C16H22N4O4. The zero-order chi connectivity index (χ0) is 17.5. The lowest BCUT2D eigenvalue weighted by atomic mass is 10.1. The molecule has 0 radical (unpaired) electrons. The van der Waals surface area contributed by atoms with Crippen molar-refractivity contribution in [1.82, 2.24) is 4.90 Å². The van der Waals surface area contributed by atoms with E-state index >= 15 is 0 Å². The summed E-state index contributed by atoms with van der Waals surface area (Å²) in [4.78, 5) is 25.8. The van der Waals surface area contributed by atoms with Gasteiger partial charge in [-0.2, -0.15) is 5.10 Å². The van der Waals surface area contributed by atoms with Crippen molar-refractivity contribution >= 4 is 23.2 Å². The second kappa shape index (κ2) is 8.42. The smallest absolute Gasteiger partial charge is 0.270 e. The highest BCUT2D eigenvalue weighted by Gasteiger charge is 2.36. The molecule has 0 spiro atoms. The van der Waals surface area contributed by atoms with Crippen LogP contribution in [-0.4, -0.2) is 67.0 Å². The van der Waals surface area contributed by atoms with E-state index in [2.05, 4.69) is 5.10 Å². The maximum atomic E-state index is 12.6. The zero-order valence-electron chi connectivity index (χ0n) is 13.6. The van der Waals surface area contributed by atoms with Gasteiger partial charge in [0.15, 0.2) is 0 Å². The number of nitrogens with zero attached hydrogens (tertiary/aromatic N) is 3. The summed E-state index contributed by atoms with van der Waals surface area (Å²) in [6.07, 6.45) is 0.137. The van der Waals surface area contributed by atoms with E-state index in [9.17, 15) is 9.59 Å². The molecule has 1 aromatic carbocycles. The standard InChI is InChI=1S/C16H22N4O4/c1-24-10-8-19(7-9-21)16(23)13-11-14(15(17)22)20(18-13)12-5-3-2-4-6-12/h2-6,14,21H,7-11H2,1H3,(H2,17,22). The van der Waals surface area contributed by atoms with Crippen LogP contribution < -0.4 is 10.7 Å². The van der Waals surface area contributed by atoms with Crippen LogP contribution in [-0.2, 0) is 14.3 Å². The molecular weight excluding hydrogens is 312 g/mol. The molecule has 0 bridgehead atoms. The Hall–Kier alpha value is -2.45. The van der Waals surface area contributed by atoms with Crippen LogP contribution in [0, 0.1) is 0 Å².